The van der Waals surface area contributed by atoms with Crippen LogP contribution in [-0.2, 0) is 0 Å². The summed E-state index contributed by atoms with van der Waals surface area (Å²) in [4.78, 5) is 17.5. The highest BCUT2D eigenvalue weighted by Gasteiger charge is 2.22. The number of benzene rings is 2. The molecule has 0 bridgehead atoms. The van der Waals surface area contributed by atoms with Crippen molar-refractivity contribution >= 4 is 11.5 Å². The smallest absolute Gasteiger partial charge is 0.177 e. The molecule has 2 aromatic rings. The topological polar surface area (TPSA) is 23.6 Å². The number of rotatable bonds is 4. The van der Waals surface area contributed by atoms with Crippen LogP contribution in [0, 0.1) is 27.7 Å². The molecule has 2 aromatic carbocycles. The van der Waals surface area contributed by atoms with Crippen LogP contribution in [0.1, 0.15) is 32.6 Å². The van der Waals surface area contributed by atoms with Crippen molar-refractivity contribution < 1.29 is 4.79 Å². The van der Waals surface area contributed by atoms with E-state index in [0.29, 0.717) is 6.54 Å². The third-order valence-corrected chi connectivity index (χ3v) is 5.15. The normalized spacial score (nSPS) is 15.4. The first kappa shape index (κ1) is 17.7. The van der Waals surface area contributed by atoms with E-state index in [0.717, 1.165) is 42.9 Å². The van der Waals surface area contributed by atoms with Crippen molar-refractivity contribution in [3.63, 3.8) is 0 Å². The molecule has 3 rings (SSSR count). The highest BCUT2D eigenvalue weighted by molar-refractivity contribution is 6.00. The summed E-state index contributed by atoms with van der Waals surface area (Å²) in [5.74, 6) is 0.249. The lowest BCUT2D eigenvalue weighted by Crippen LogP contribution is -2.48. The average molecular weight is 336 g/mol. The molecule has 0 spiro atoms. The molecule has 132 valence electrons. The first-order valence-corrected chi connectivity index (χ1v) is 9.09. The molecule has 0 aromatic heterocycles. The summed E-state index contributed by atoms with van der Waals surface area (Å²) in [6.07, 6.45) is 0. The van der Waals surface area contributed by atoms with E-state index in [9.17, 15) is 4.79 Å². The van der Waals surface area contributed by atoms with Gasteiger partial charge >= 0.3 is 0 Å². The molecule has 25 heavy (non-hydrogen) atoms. The van der Waals surface area contributed by atoms with Gasteiger partial charge in [0.15, 0.2) is 5.78 Å². The molecule has 0 saturated carbocycles. The summed E-state index contributed by atoms with van der Waals surface area (Å²) in [5, 5.41) is 0. The number of carbonyl (C=O) groups is 1. The van der Waals surface area contributed by atoms with Crippen LogP contribution in [0.4, 0.5) is 5.69 Å². The predicted octanol–water partition coefficient (Wildman–Crippen LogP) is 3.93. The van der Waals surface area contributed by atoms with E-state index in [1.807, 2.05) is 13.8 Å². The van der Waals surface area contributed by atoms with Crippen molar-refractivity contribution in [2.75, 3.05) is 37.6 Å². The molecule has 0 unspecified atom stereocenters. The standard InChI is InChI=1S/C22H28N2O/c1-16-13-18(3)22(19(4)14-16)21(25)15-23-9-11-24(12-10-23)20-8-6-5-7-17(20)2/h5-8,13-14H,9-12,15H2,1-4H3. The van der Waals surface area contributed by atoms with Crippen LogP contribution in [0.2, 0.25) is 0 Å². The number of nitrogens with zero attached hydrogens (tertiary/aromatic N) is 2. The molecule has 0 N–H and O–H groups in total. The van der Waals surface area contributed by atoms with Gasteiger partial charge in [-0.1, -0.05) is 35.9 Å². The third kappa shape index (κ3) is 3.93. The largest absolute Gasteiger partial charge is 0.369 e. The van der Waals surface area contributed by atoms with E-state index in [-0.39, 0.29) is 5.78 Å². The zero-order valence-electron chi connectivity index (χ0n) is 15.8. The minimum atomic E-state index is 0.249. The molecule has 1 saturated heterocycles. The van der Waals surface area contributed by atoms with E-state index < -0.39 is 0 Å². The number of Topliss-reactive ketones (excluding diaryl/α,β-unsaturated/α-hetero) is 1. The quantitative estimate of drug-likeness (QED) is 0.791. The lowest BCUT2D eigenvalue weighted by atomic mass is 9.96. The lowest BCUT2D eigenvalue weighted by Gasteiger charge is -2.36. The Bertz CT molecular complexity index is 750. The minimum absolute atomic E-state index is 0.249. The van der Waals surface area contributed by atoms with Crippen molar-refractivity contribution in [3.05, 3.63) is 64.2 Å². The molecular formula is C22H28N2O. The van der Waals surface area contributed by atoms with Gasteiger partial charge in [-0.25, -0.2) is 0 Å². The summed E-state index contributed by atoms with van der Waals surface area (Å²) >= 11 is 0. The van der Waals surface area contributed by atoms with E-state index in [1.165, 1.54) is 16.8 Å². The Morgan fingerprint density at radius 3 is 2.08 bits per heavy atom. The maximum Gasteiger partial charge on any atom is 0.177 e. The van der Waals surface area contributed by atoms with Gasteiger partial charge in [0.05, 0.1) is 6.54 Å². The van der Waals surface area contributed by atoms with Gasteiger partial charge in [0.2, 0.25) is 0 Å². The van der Waals surface area contributed by atoms with Crippen molar-refractivity contribution in [1.82, 2.24) is 4.90 Å². The Labute approximate surface area is 151 Å². The maximum absolute atomic E-state index is 12.8. The van der Waals surface area contributed by atoms with Crippen LogP contribution in [-0.4, -0.2) is 43.4 Å². The van der Waals surface area contributed by atoms with Gasteiger partial charge in [-0.3, -0.25) is 9.69 Å². The van der Waals surface area contributed by atoms with Crippen LogP contribution in [0.5, 0.6) is 0 Å². The second-order valence-electron chi connectivity index (χ2n) is 7.25. The molecule has 0 radical (unpaired) electrons. The van der Waals surface area contributed by atoms with Gasteiger partial charge in [0.1, 0.15) is 0 Å². The molecule has 0 amide bonds. The van der Waals surface area contributed by atoms with Crippen molar-refractivity contribution in [1.29, 1.82) is 0 Å². The number of hydrogen-bond acceptors (Lipinski definition) is 3. The van der Waals surface area contributed by atoms with Crippen LogP contribution < -0.4 is 4.90 Å². The summed E-state index contributed by atoms with van der Waals surface area (Å²) < 4.78 is 0. The van der Waals surface area contributed by atoms with Gasteiger partial charge < -0.3 is 4.90 Å². The maximum atomic E-state index is 12.8. The fourth-order valence-corrected chi connectivity index (χ4v) is 3.97. The molecule has 1 fully saturated rings. The number of aryl methyl sites for hydroxylation is 4. The van der Waals surface area contributed by atoms with Crippen LogP contribution in [0.25, 0.3) is 0 Å². The molecule has 0 atom stereocenters. The fraction of sp³-hybridized carbons (Fsp3) is 0.409. The van der Waals surface area contributed by atoms with Gasteiger partial charge in [-0.05, 0) is 50.5 Å². The molecule has 0 aliphatic carbocycles. The zero-order valence-corrected chi connectivity index (χ0v) is 15.8. The molecule has 3 heteroatoms. The first-order valence-electron chi connectivity index (χ1n) is 9.09. The Morgan fingerprint density at radius 2 is 1.48 bits per heavy atom. The number of anilines is 1. The second kappa shape index (κ2) is 7.40. The number of ketones is 1. The number of hydrogen-bond donors (Lipinski definition) is 0. The number of para-hydroxylation sites is 1. The van der Waals surface area contributed by atoms with Crippen molar-refractivity contribution in [2.24, 2.45) is 0 Å². The van der Waals surface area contributed by atoms with E-state index in [4.69, 9.17) is 0 Å². The highest BCUT2D eigenvalue weighted by Crippen LogP contribution is 2.22. The molecule has 1 aliphatic rings. The van der Waals surface area contributed by atoms with Gasteiger partial charge in [-0.15, -0.1) is 0 Å². The van der Waals surface area contributed by atoms with Gasteiger partial charge in [0.25, 0.3) is 0 Å². The van der Waals surface area contributed by atoms with Crippen LogP contribution in [0.3, 0.4) is 0 Å². The monoisotopic (exact) mass is 336 g/mol. The summed E-state index contributed by atoms with van der Waals surface area (Å²) in [5.41, 5.74) is 6.96. The van der Waals surface area contributed by atoms with Gasteiger partial charge in [-0.2, -0.15) is 0 Å². The Hall–Kier alpha value is -2.13. The van der Waals surface area contributed by atoms with Crippen LogP contribution >= 0.6 is 0 Å². The predicted molar refractivity (Wildman–Crippen MR) is 105 cm³/mol. The lowest BCUT2D eigenvalue weighted by molar-refractivity contribution is 0.0925. The fourth-order valence-electron chi connectivity index (χ4n) is 3.97. The van der Waals surface area contributed by atoms with E-state index in [1.54, 1.807) is 0 Å². The molecule has 1 heterocycles. The second-order valence-corrected chi connectivity index (χ2v) is 7.25. The summed E-state index contributed by atoms with van der Waals surface area (Å²) in [7, 11) is 0. The minimum Gasteiger partial charge on any atom is -0.369 e. The number of piperazine rings is 1. The van der Waals surface area contributed by atoms with E-state index >= 15 is 0 Å². The molecule has 1 aliphatic heterocycles. The average Bonchev–Trinajstić information content (AvgIpc) is 2.55. The molecular weight excluding hydrogens is 308 g/mol. The zero-order chi connectivity index (χ0) is 18.0. The Morgan fingerprint density at radius 1 is 0.880 bits per heavy atom. The Balaban J connectivity index is 1.63. The van der Waals surface area contributed by atoms with Gasteiger partial charge in [0, 0.05) is 37.4 Å². The molecule has 3 nitrogen and oxygen atoms in total. The Kier molecular flexibility index (Phi) is 5.24. The van der Waals surface area contributed by atoms with Crippen LogP contribution in [0.15, 0.2) is 36.4 Å². The van der Waals surface area contributed by atoms with Crippen molar-refractivity contribution in [3.8, 4) is 0 Å². The summed E-state index contributed by atoms with van der Waals surface area (Å²) in [6.45, 7) is 12.7. The van der Waals surface area contributed by atoms with Crippen molar-refractivity contribution in [2.45, 2.75) is 27.7 Å². The summed E-state index contributed by atoms with van der Waals surface area (Å²) in [6, 6.07) is 12.7. The third-order valence-electron chi connectivity index (χ3n) is 5.15. The SMILES string of the molecule is Cc1cc(C)c(C(=O)CN2CCN(c3ccccc3C)CC2)c(C)c1. The van der Waals surface area contributed by atoms with E-state index in [2.05, 4.69) is 60.0 Å². The number of carbonyl (C=O) groups excluding carboxylic acids is 1. The highest BCUT2D eigenvalue weighted by atomic mass is 16.1. The first-order chi connectivity index (χ1) is 12.0.